The van der Waals surface area contributed by atoms with Gasteiger partial charge >= 0.3 is 0 Å². The summed E-state index contributed by atoms with van der Waals surface area (Å²) < 4.78 is 12.3. The van der Waals surface area contributed by atoms with Gasteiger partial charge in [0.2, 0.25) is 0 Å². The number of benzene rings is 3. The topological polar surface area (TPSA) is 67.9 Å². The van der Waals surface area contributed by atoms with Gasteiger partial charge in [-0.15, -0.1) is 0 Å². The lowest BCUT2D eigenvalue weighted by molar-refractivity contribution is -0.122. The summed E-state index contributed by atoms with van der Waals surface area (Å²) in [6.45, 7) is 0.239. The molecule has 0 aromatic heterocycles. The third-order valence-electron chi connectivity index (χ3n) is 5.01. The maximum atomic E-state index is 13.2. The van der Waals surface area contributed by atoms with E-state index in [9.17, 15) is 9.59 Å². The van der Waals surface area contributed by atoms with Gasteiger partial charge in [-0.3, -0.25) is 19.8 Å². The van der Waals surface area contributed by atoms with E-state index in [0.717, 1.165) is 10.0 Å². The fourth-order valence-electron chi connectivity index (χ4n) is 3.34. The van der Waals surface area contributed by atoms with Crippen LogP contribution in [0.5, 0.6) is 11.5 Å². The Kier molecular flexibility index (Phi) is 7.31. The van der Waals surface area contributed by atoms with E-state index in [4.69, 9.17) is 33.3 Å². The normalized spacial score (nSPS) is 14.9. The van der Waals surface area contributed by atoms with Crippen molar-refractivity contribution in [2.24, 2.45) is 0 Å². The highest BCUT2D eigenvalue weighted by Gasteiger charge is 2.34. The number of halogens is 2. The first-order valence-electron chi connectivity index (χ1n) is 10.1. The number of carbonyl (C=O) groups excluding carboxylic acids is 2. The van der Waals surface area contributed by atoms with Gasteiger partial charge in [-0.1, -0.05) is 33.6 Å². The number of hydrogen-bond donors (Lipinski definition) is 1. The highest BCUT2D eigenvalue weighted by Crippen LogP contribution is 2.27. The Morgan fingerprint density at radius 1 is 1.06 bits per heavy atom. The molecule has 1 aliphatic heterocycles. The average molecular weight is 558 g/mol. The van der Waals surface area contributed by atoms with Gasteiger partial charge in [-0.05, 0) is 84.5 Å². The Labute approximate surface area is 215 Å². The second-order valence-electron chi connectivity index (χ2n) is 7.25. The van der Waals surface area contributed by atoms with Crippen molar-refractivity contribution in [1.29, 1.82) is 0 Å². The zero-order chi connectivity index (χ0) is 24.2. The van der Waals surface area contributed by atoms with Crippen molar-refractivity contribution >= 4 is 68.4 Å². The van der Waals surface area contributed by atoms with E-state index in [1.165, 1.54) is 11.0 Å². The maximum absolute atomic E-state index is 13.2. The zero-order valence-corrected chi connectivity index (χ0v) is 21.0. The van der Waals surface area contributed by atoms with Crippen LogP contribution in [0.4, 0.5) is 5.69 Å². The molecule has 3 aromatic rings. The van der Waals surface area contributed by atoms with Gasteiger partial charge in [0.25, 0.3) is 11.8 Å². The van der Waals surface area contributed by atoms with Crippen LogP contribution in [-0.4, -0.2) is 24.0 Å². The first-order valence-corrected chi connectivity index (χ1v) is 11.7. The number of anilines is 1. The van der Waals surface area contributed by atoms with Gasteiger partial charge in [0.05, 0.1) is 12.8 Å². The highest BCUT2D eigenvalue weighted by atomic mass is 79.9. The molecule has 1 heterocycles. The third kappa shape index (κ3) is 5.30. The van der Waals surface area contributed by atoms with Crippen LogP contribution in [0.25, 0.3) is 6.08 Å². The van der Waals surface area contributed by atoms with Gasteiger partial charge in [0.1, 0.15) is 23.7 Å². The van der Waals surface area contributed by atoms with Crippen molar-refractivity contribution in [3.8, 4) is 11.5 Å². The number of hydrogen-bond acceptors (Lipinski definition) is 5. The Balaban J connectivity index is 1.62. The molecule has 0 aliphatic carbocycles. The van der Waals surface area contributed by atoms with Crippen molar-refractivity contribution in [1.82, 2.24) is 5.32 Å². The first-order chi connectivity index (χ1) is 16.4. The predicted molar refractivity (Wildman–Crippen MR) is 139 cm³/mol. The fraction of sp³-hybridized carbons (Fsp3) is 0.0800. The minimum Gasteiger partial charge on any atom is -0.496 e. The fourth-order valence-corrected chi connectivity index (χ4v) is 4.01. The van der Waals surface area contributed by atoms with Crippen molar-refractivity contribution in [2.75, 3.05) is 12.0 Å². The molecule has 1 N–H and O–H groups in total. The molecule has 1 saturated heterocycles. The van der Waals surface area contributed by atoms with E-state index in [-0.39, 0.29) is 17.3 Å². The van der Waals surface area contributed by atoms with Crippen LogP contribution in [0.2, 0.25) is 5.02 Å². The quantitative estimate of drug-likeness (QED) is 0.246. The van der Waals surface area contributed by atoms with E-state index in [1.807, 2.05) is 30.3 Å². The summed E-state index contributed by atoms with van der Waals surface area (Å²) in [5.74, 6) is 0.230. The van der Waals surface area contributed by atoms with Gasteiger partial charge in [0, 0.05) is 15.1 Å². The number of methoxy groups -OCH3 is 1. The van der Waals surface area contributed by atoms with E-state index >= 15 is 0 Å². The number of rotatable bonds is 6. The molecule has 0 radical (unpaired) electrons. The molecule has 34 heavy (non-hydrogen) atoms. The molecule has 1 fully saturated rings. The van der Waals surface area contributed by atoms with E-state index < -0.39 is 11.8 Å². The number of nitrogens with one attached hydrogen (secondary N) is 1. The Hall–Kier alpha value is -3.20. The molecule has 6 nitrogen and oxygen atoms in total. The lowest BCUT2D eigenvalue weighted by Crippen LogP contribution is -2.54. The zero-order valence-electron chi connectivity index (χ0n) is 17.9. The molecule has 4 rings (SSSR count). The number of ether oxygens (including phenoxy) is 2. The number of amides is 2. The summed E-state index contributed by atoms with van der Waals surface area (Å²) in [7, 11) is 1.57. The highest BCUT2D eigenvalue weighted by molar-refractivity contribution is 9.10. The van der Waals surface area contributed by atoms with Crippen LogP contribution in [-0.2, 0) is 16.2 Å². The molecular formula is C25H18BrClN2O4S. The summed E-state index contributed by atoms with van der Waals surface area (Å²) in [5.41, 5.74) is 1.85. The lowest BCUT2D eigenvalue weighted by atomic mass is 10.0. The Morgan fingerprint density at radius 3 is 2.44 bits per heavy atom. The third-order valence-corrected chi connectivity index (χ3v) is 6.08. The van der Waals surface area contributed by atoms with E-state index in [0.29, 0.717) is 27.8 Å². The smallest absolute Gasteiger partial charge is 0.270 e. The molecule has 3 aromatic carbocycles. The van der Waals surface area contributed by atoms with Crippen molar-refractivity contribution in [2.45, 2.75) is 6.61 Å². The van der Waals surface area contributed by atoms with Gasteiger partial charge < -0.3 is 9.47 Å². The average Bonchev–Trinajstić information content (AvgIpc) is 2.82. The minimum absolute atomic E-state index is 0.00721. The molecule has 172 valence electrons. The minimum atomic E-state index is -0.566. The second-order valence-corrected chi connectivity index (χ2v) is 8.99. The Morgan fingerprint density at radius 2 is 1.76 bits per heavy atom. The SMILES string of the molecule is COc1ccc(/C=C2\C(=O)NC(=S)N(c3ccc(Cl)cc3)C2=O)cc1COc1ccc(Br)cc1. The summed E-state index contributed by atoms with van der Waals surface area (Å²) in [4.78, 5) is 27.1. The number of thiocarbonyl (C=S) groups is 1. The monoisotopic (exact) mass is 556 g/mol. The molecule has 1 aliphatic rings. The number of nitrogens with zero attached hydrogens (tertiary/aromatic N) is 1. The number of carbonyl (C=O) groups is 2. The van der Waals surface area contributed by atoms with Gasteiger partial charge in [0.15, 0.2) is 5.11 Å². The van der Waals surface area contributed by atoms with Crippen LogP contribution in [0, 0.1) is 0 Å². The molecular weight excluding hydrogens is 540 g/mol. The lowest BCUT2D eigenvalue weighted by Gasteiger charge is -2.29. The van der Waals surface area contributed by atoms with Crippen molar-refractivity contribution < 1.29 is 19.1 Å². The largest absolute Gasteiger partial charge is 0.496 e. The first kappa shape index (κ1) is 23.9. The molecule has 0 bridgehead atoms. The van der Waals surface area contributed by atoms with Gasteiger partial charge in [-0.25, -0.2) is 0 Å². The van der Waals surface area contributed by atoms with Crippen LogP contribution < -0.4 is 19.7 Å². The molecule has 0 unspecified atom stereocenters. The molecule has 0 spiro atoms. The molecule has 0 atom stereocenters. The van der Waals surface area contributed by atoms with Crippen molar-refractivity contribution in [3.63, 3.8) is 0 Å². The maximum Gasteiger partial charge on any atom is 0.270 e. The van der Waals surface area contributed by atoms with Crippen LogP contribution >= 0.6 is 39.7 Å². The summed E-state index contributed by atoms with van der Waals surface area (Å²) in [5, 5.41) is 3.11. The van der Waals surface area contributed by atoms with Crippen LogP contribution in [0.15, 0.2) is 76.8 Å². The van der Waals surface area contributed by atoms with Gasteiger partial charge in [-0.2, -0.15) is 0 Å². The summed E-state index contributed by atoms with van der Waals surface area (Å²) in [6.07, 6.45) is 1.52. The predicted octanol–water partition coefficient (Wildman–Crippen LogP) is 5.52. The van der Waals surface area contributed by atoms with Crippen molar-refractivity contribution in [3.05, 3.63) is 92.9 Å². The second kappa shape index (κ2) is 10.4. The Bertz CT molecular complexity index is 1290. The summed E-state index contributed by atoms with van der Waals surface area (Å²) >= 11 is 14.6. The van der Waals surface area contributed by atoms with E-state index in [1.54, 1.807) is 43.5 Å². The molecule has 0 saturated carbocycles. The van der Waals surface area contributed by atoms with E-state index in [2.05, 4.69) is 21.2 Å². The summed E-state index contributed by atoms with van der Waals surface area (Å²) in [6, 6.07) is 19.4. The van der Waals surface area contributed by atoms with Crippen LogP contribution in [0.1, 0.15) is 11.1 Å². The van der Waals surface area contributed by atoms with Crippen LogP contribution in [0.3, 0.4) is 0 Å². The molecule has 2 amide bonds. The molecule has 9 heteroatoms. The standard InChI is InChI=1S/C25H18BrClN2O4S/c1-32-22-11-2-15(12-16(22)14-33-20-9-3-17(26)4-10-20)13-21-23(30)28-25(34)29(24(21)31)19-7-5-18(27)6-8-19/h2-13H,14H2,1H3,(H,28,30,34)/b21-13+.